The second-order valence-electron chi connectivity index (χ2n) is 7.31. The summed E-state index contributed by atoms with van der Waals surface area (Å²) in [5, 5.41) is 2.81. The number of alkyl carbamates (subject to hydrolysis) is 1. The Labute approximate surface area is 178 Å². The summed E-state index contributed by atoms with van der Waals surface area (Å²) in [6.45, 7) is 2.92. The minimum atomic E-state index is -0.396. The summed E-state index contributed by atoms with van der Waals surface area (Å²) < 4.78 is 5.54. The first kappa shape index (κ1) is 19.8. The fourth-order valence-electron chi connectivity index (χ4n) is 3.98. The van der Waals surface area contributed by atoms with Crippen molar-refractivity contribution < 1.29 is 9.53 Å². The highest BCUT2D eigenvalue weighted by Crippen LogP contribution is 2.44. The molecule has 1 aliphatic carbocycles. The van der Waals surface area contributed by atoms with Gasteiger partial charge < -0.3 is 10.1 Å². The third-order valence-corrected chi connectivity index (χ3v) is 5.48. The van der Waals surface area contributed by atoms with Crippen LogP contribution in [0.2, 0.25) is 0 Å². The van der Waals surface area contributed by atoms with Crippen LogP contribution >= 0.6 is 0 Å². The van der Waals surface area contributed by atoms with Gasteiger partial charge in [-0.2, -0.15) is 0 Å². The lowest BCUT2D eigenvalue weighted by Crippen LogP contribution is -2.26. The van der Waals surface area contributed by atoms with Crippen LogP contribution in [0.5, 0.6) is 0 Å². The van der Waals surface area contributed by atoms with Gasteiger partial charge in [-0.05, 0) is 40.3 Å². The number of aryl methyl sites for hydroxylation is 1. The number of carbonyl (C=O) groups excluding carboxylic acids is 1. The SMILES string of the molecule is CCc1ccccc1C#CCCNC(=O)OCC1c2ccccc2-c2ccccc21. The predicted octanol–water partition coefficient (Wildman–Crippen LogP) is 5.53. The quantitative estimate of drug-likeness (QED) is 0.456. The Balaban J connectivity index is 1.29. The van der Waals surface area contributed by atoms with E-state index in [0.29, 0.717) is 19.6 Å². The largest absolute Gasteiger partial charge is 0.449 e. The Kier molecular flexibility index (Phi) is 6.15. The summed E-state index contributed by atoms with van der Waals surface area (Å²) in [6.07, 6.45) is 1.15. The molecule has 4 rings (SSSR count). The molecule has 0 spiro atoms. The Bertz CT molecular complexity index is 1060. The minimum absolute atomic E-state index is 0.0773. The van der Waals surface area contributed by atoms with Crippen LogP contribution in [0.3, 0.4) is 0 Å². The zero-order valence-corrected chi connectivity index (χ0v) is 17.2. The molecular formula is C27H25NO2. The topological polar surface area (TPSA) is 38.3 Å². The van der Waals surface area contributed by atoms with E-state index in [4.69, 9.17) is 4.74 Å². The Morgan fingerprint density at radius 1 is 0.933 bits per heavy atom. The van der Waals surface area contributed by atoms with Crippen molar-refractivity contribution >= 4 is 6.09 Å². The summed E-state index contributed by atoms with van der Waals surface area (Å²) in [6, 6.07) is 24.8. The molecule has 150 valence electrons. The van der Waals surface area contributed by atoms with Crippen molar-refractivity contribution in [3.05, 3.63) is 95.1 Å². The lowest BCUT2D eigenvalue weighted by Gasteiger charge is -2.14. The van der Waals surface area contributed by atoms with E-state index in [2.05, 4.69) is 54.4 Å². The van der Waals surface area contributed by atoms with Crippen LogP contribution < -0.4 is 5.32 Å². The van der Waals surface area contributed by atoms with E-state index in [1.54, 1.807) is 0 Å². The van der Waals surface area contributed by atoms with Crippen LogP contribution in [0.15, 0.2) is 72.8 Å². The van der Waals surface area contributed by atoms with Gasteiger partial charge in [-0.1, -0.05) is 85.5 Å². The van der Waals surface area contributed by atoms with Gasteiger partial charge >= 0.3 is 6.09 Å². The average molecular weight is 396 g/mol. The number of hydrogen-bond acceptors (Lipinski definition) is 2. The van der Waals surface area contributed by atoms with Crippen molar-refractivity contribution in [2.45, 2.75) is 25.7 Å². The van der Waals surface area contributed by atoms with E-state index >= 15 is 0 Å². The highest BCUT2D eigenvalue weighted by molar-refractivity contribution is 5.79. The molecular weight excluding hydrogens is 370 g/mol. The second kappa shape index (κ2) is 9.33. The number of amides is 1. The number of rotatable bonds is 5. The van der Waals surface area contributed by atoms with Crippen molar-refractivity contribution in [3.63, 3.8) is 0 Å². The molecule has 0 atom stereocenters. The van der Waals surface area contributed by atoms with Crippen LogP contribution in [0.25, 0.3) is 11.1 Å². The first-order chi connectivity index (χ1) is 14.8. The van der Waals surface area contributed by atoms with E-state index in [9.17, 15) is 4.79 Å². The number of fused-ring (bicyclic) bond motifs is 3. The summed E-state index contributed by atoms with van der Waals surface area (Å²) in [5.41, 5.74) is 7.18. The van der Waals surface area contributed by atoms with Gasteiger partial charge in [-0.15, -0.1) is 0 Å². The van der Waals surface area contributed by atoms with E-state index < -0.39 is 6.09 Å². The van der Waals surface area contributed by atoms with Gasteiger partial charge in [0.25, 0.3) is 0 Å². The summed E-state index contributed by atoms with van der Waals surface area (Å²) in [7, 11) is 0. The Morgan fingerprint density at radius 3 is 2.27 bits per heavy atom. The minimum Gasteiger partial charge on any atom is -0.449 e. The molecule has 0 radical (unpaired) electrons. The van der Waals surface area contributed by atoms with E-state index in [1.807, 2.05) is 42.5 Å². The third-order valence-electron chi connectivity index (χ3n) is 5.48. The molecule has 0 aromatic heterocycles. The Morgan fingerprint density at radius 2 is 1.57 bits per heavy atom. The molecule has 3 heteroatoms. The van der Waals surface area contributed by atoms with Crippen molar-refractivity contribution in [1.29, 1.82) is 0 Å². The zero-order valence-electron chi connectivity index (χ0n) is 17.2. The first-order valence-electron chi connectivity index (χ1n) is 10.4. The van der Waals surface area contributed by atoms with Gasteiger partial charge in [0, 0.05) is 24.4 Å². The van der Waals surface area contributed by atoms with Crippen molar-refractivity contribution in [2.24, 2.45) is 0 Å². The molecule has 0 unspecified atom stereocenters. The fourth-order valence-corrected chi connectivity index (χ4v) is 3.98. The van der Waals surface area contributed by atoms with Gasteiger partial charge in [0.15, 0.2) is 0 Å². The molecule has 3 nitrogen and oxygen atoms in total. The van der Waals surface area contributed by atoms with Gasteiger partial charge in [-0.3, -0.25) is 0 Å². The van der Waals surface area contributed by atoms with Crippen LogP contribution in [0.4, 0.5) is 4.79 Å². The maximum atomic E-state index is 12.2. The van der Waals surface area contributed by atoms with E-state index in [1.165, 1.54) is 27.8 Å². The maximum absolute atomic E-state index is 12.2. The molecule has 0 saturated carbocycles. The number of benzene rings is 3. The molecule has 0 fully saturated rings. The van der Waals surface area contributed by atoms with E-state index in [-0.39, 0.29) is 5.92 Å². The molecule has 3 aromatic carbocycles. The number of ether oxygens (including phenoxy) is 1. The monoisotopic (exact) mass is 395 g/mol. The standard InChI is InChI=1S/C27H25NO2/c1-2-20-11-3-4-12-21(20)13-9-10-18-28-27(29)30-19-26-24-16-7-5-14-22(24)23-15-6-8-17-25(23)26/h3-8,11-12,14-17,26H,2,10,18-19H2,1H3,(H,28,29). The number of hydrogen-bond donors (Lipinski definition) is 1. The molecule has 0 heterocycles. The molecule has 3 aromatic rings. The highest BCUT2D eigenvalue weighted by atomic mass is 16.5. The highest BCUT2D eigenvalue weighted by Gasteiger charge is 2.28. The molecule has 0 saturated heterocycles. The van der Waals surface area contributed by atoms with E-state index in [0.717, 1.165) is 12.0 Å². The Hall–Kier alpha value is -3.51. The molecule has 1 amide bonds. The molecule has 30 heavy (non-hydrogen) atoms. The molecule has 1 aliphatic rings. The third kappa shape index (κ3) is 4.23. The number of nitrogens with one attached hydrogen (secondary N) is 1. The maximum Gasteiger partial charge on any atom is 0.407 e. The van der Waals surface area contributed by atoms with Crippen molar-refractivity contribution in [3.8, 4) is 23.0 Å². The van der Waals surface area contributed by atoms with Gasteiger partial charge in [0.1, 0.15) is 6.61 Å². The summed E-state index contributed by atoms with van der Waals surface area (Å²) in [4.78, 5) is 12.2. The van der Waals surface area contributed by atoms with Crippen molar-refractivity contribution in [1.82, 2.24) is 5.32 Å². The summed E-state index contributed by atoms with van der Waals surface area (Å²) in [5.74, 6) is 6.41. The zero-order chi connectivity index (χ0) is 20.8. The van der Waals surface area contributed by atoms with Gasteiger partial charge in [0.2, 0.25) is 0 Å². The smallest absolute Gasteiger partial charge is 0.407 e. The van der Waals surface area contributed by atoms with Gasteiger partial charge in [-0.25, -0.2) is 4.79 Å². The molecule has 0 bridgehead atoms. The normalized spacial score (nSPS) is 11.8. The lowest BCUT2D eigenvalue weighted by molar-refractivity contribution is 0.143. The first-order valence-corrected chi connectivity index (χ1v) is 10.4. The van der Waals surface area contributed by atoms with Crippen LogP contribution in [0, 0.1) is 11.8 Å². The molecule has 1 N–H and O–H groups in total. The average Bonchev–Trinajstić information content (AvgIpc) is 3.11. The second-order valence-corrected chi connectivity index (χ2v) is 7.31. The predicted molar refractivity (Wildman–Crippen MR) is 120 cm³/mol. The fraction of sp³-hybridized carbons (Fsp3) is 0.222. The van der Waals surface area contributed by atoms with Crippen LogP contribution in [-0.4, -0.2) is 19.2 Å². The van der Waals surface area contributed by atoms with Crippen LogP contribution in [0.1, 0.15) is 41.5 Å². The van der Waals surface area contributed by atoms with Crippen LogP contribution in [-0.2, 0) is 11.2 Å². The van der Waals surface area contributed by atoms with Gasteiger partial charge in [0.05, 0.1) is 0 Å². The molecule has 0 aliphatic heterocycles. The van der Waals surface area contributed by atoms with Crippen molar-refractivity contribution in [2.75, 3.05) is 13.2 Å². The number of carbonyl (C=O) groups is 1. The summed E-state index contributed by atoms with van der Waals surface area (Å²) >= 11 is 0. The lowest BCUT2D eigenvalue weighted by atomic mass is 9.98.